The highest BCUT2D eigenvalue weighted by Gasteiger charge is 1.97. The van der Waals surface area contributed by atoms with E-state index in [4.69, 9.17) is 36.6 Å². The van der Waals surface area contributed by atoms with Gasteiger partial charge in [-0.1, -0.05) is 0 Å². The van der Waals surface area contributed by atoms with Crippen LogP contribution >= 0.6 is 0 Å². The third-order valence-electron chi connectivity index (χ3n) is 0.672. The van der Waals surface area contributed by atoms with E-state index < -0.39 is 5.91 Å². The Morgan fingerprint density at radius 1 is 1.11 bits per heavy atom. The zero-order valence-electron chi connectivity index (χ0n) is 9.07. The molecule has 0 heterocycles. The molecule has 0 aromatic heterocycles. The quantitative estimate of drug-likeness (QED) is 0.279. The SMILES string of the molecule is COCOCC(=O)NN=CF.FF.FF.FF.FF. The molecule has 0 spiro atoms. The lowest BCUT2D eigenvalue weighted by Crippen LogP contribution is -2.23. The standard InChI is InChI=1S/C5H9FN2O3.4F2/c1-10-4-11-2-5(9)8-7-3-6;4*1-2/h3H,2,4H2,1H3,(H,8,9);;;;. The molecule has 5 nitrogen and oxygen atoms in total. The second kappa shape index (κ2) is 55.0. The van der Waals surface area contributed by atoms with Crippen molar-refractivity contribution in [3.05, 3.63) is 0 Å². The van der Waals surface area contributed by atoms with E-state index >= 15 is 0 Å². The first kappa shape index (κ1) is 30.5. The number of amides is 1. The molecule has 0 aliphatic rings. The molecule has 0 saturated carbocycles. The molecule has 19 heavy (non-hydrogen) atoms. The van der Waals surface area contributed by atoms with Crippen LogP contribution in [0, 0.1) is 0 Å². The first-order valence-corrected chi connectivity index (χ1v) is 3.35. The van der Waals surface area contributed by atoms with Gasteiger partial charge in [0.25, 0.3) is 5.91 Å². The summed E-state index contributed by atoms with van der Waals surface area (Å²) in [4.78, 5) is 10.5. The number of ether oxygens (including phenoxy) is 2. The van der Waals surface area contributed by atoms with E-state index in [1.54, 1.807) is 0 Å². The highest BCUT2D eigenvalue weighted by molar-refractivity contribution is 5.77. The highest BCUT2D eigenvalue weighted by atomic mass is 20.0. The molecule has 14 heteroatoms. The summed E-state index contributed by atoms with van der Waals surface area (Å²) in [5, 5.41) is 2.84. The van der Waals surface area contributed by atoms with Gasteiger partial charge in [0.2, 0.25) is 0 Å². The van der Waals surface area contributed by atoms with Gasteiger partial charge in [-0.25, -0.2) is 5.43 Å². The Hall–Kier alpha value is -1.57. The van der Waals surface area contributed by atoms with Gasteiger partial charge in [0.15, 0.2) is 6.47 Å². The van der Waals surface area contributed by atoms with E-state index in [1.807, 2.05) is 5.43 Å². The van der Waals surface area contributed by atoms with Crippen LogP contribution in [0.4, 0.5) is 41.0 Å². The lowest BCUT2D eigenvalue weighted by Gasteiger charge is -1.99. The largest absolute Gasteiger partial charge is 0.359 e. The maximum atomic E-state index is 11.2. The smallest absolute Gasteiger partial charge is 0.266 e. The van der Waals surface area contributed by atoms with Gasteiger partial charge in [0.1, 0.15) is 13.4 Å². The van der Waals surface area contributed by atoms with Crippen molar-refractivity contribution in [2.24, 2.45) is 5.10 Å². The van der Waals surface area contributed by atoms with E-state index in [9.17, 15) is 9.18 Å². The molecule has 0 unspecified atom stereocenters. The van der Waals surface area contributed by atoms with Crippen molar-refractivity contribution in [2.75, 3.05) is 20.5 Å². The Bertz CT molecular complexity index is 154. The third-order valence-corrected chi connectivity index (χ3v) is 0.672. The van der Waals surface area contributed by atoms with E-state index in [1.165, 1.54) is 7.11 Å². The van der Waals surface area contributed by atoms with Crippen LogP contribution in [0.25, 0.3) is 0 Å². The first-order valence-electron chi connectivity index (χ1n) is 3.35. The summed E-state index contributed by atoms with van der Waals surface area (Å²) in [7, 11) is 1.43. The monoisotopic (exact) mass is 316 g/mol. The van der Waals surface area contributed by atoms with Crippen LogP contribution in [-0.2, 0) is 14.3 Å². The number of rotatable bonds is 5. The van der Waals surface area contributed by atoms with Gasteiger partial charge in [-0.2, -0.15) is 9.49 Å². The highest BCUT2D eigenvalue weighted by Crippen LogP contribution is 1.75. The maximum Gasteiger partial charge on any atom is 0.266 e. The average molecular weight is 316 g/mol. The molecule has 0 radical (unpaired) electrons. The zero-order valence-corrected chi connectivity index (χ0v) is 9.07. The Kier molecular flexibility index (Phi) is 88.2. The van der Waals surface area contributed by atoms with Gasteiger partial charge < -0.3 is 9.47 Å². The van der Waals surface area contributed by atoms with Crippen molar-refractivity contribution >= 4 is 12.4 Å². The van der Waals surface area contributed by atoms with Crippen molar-refractivity contribution in [3.63, 3.8) is 0 Å². The summed E-state index contributed by atoms with van der Waals surface area (Å²) in [6.07, 6.45) is 0. The van der Waals surface area contributed by atoms with Gasteiger partial charge in [0.05, 0.1) is 0 Å². The number of hydrazone groups is 1. The summed E-state index contributed by atoms with van der Waals surface area (Å²) in [6, 6.07) is 0. The average Bonchev–Trinajstić information content (AvgIpc) is 2.53. The number of carbonyl (C=O) groups excluding carboxylic acids is 1. The van der Waals surface area contributed by atoms with Gasteiger partial charge >= 0.3 is 0 Å². The molecule has 0 fully saturated rings. The van der Waals surface area contributed by atoms with Crippen LogP contribution in [0.15, 0.2) is 5.10 Å². The molecular weight excluding hydrogens is 307 g/mol. The summed E-state index contributed by atoms with van der Waals surface area (Å²) in [5.74, 6) is -0.532. The molecule has 0 aliphatic heterocycles. The van der Waals surface area contributed by atoms with Gasteiger partial charge in [0, 0.05) is 43.7 Å². The number of methoxy groups -OCH3 is 1. The third kappa shape index (κ3) is 62.0. The van der Waals surface area contributed by atoms with Gasteiger partial charge in [-0.3, -0.25) is 4.79 Å². The van der Waals surface area contributed by atoms with Crippen LogP contribution < -0.4 is 5.43 Å². The molecule has 1 amide bonds. The van der Waals surface area contributed by atoms with E-state index in [0.29, 0.717) is 0 Å². The van der Waals surface area contributed by atoms with E-state index in [-0.39, 0.29) is 19.9 Å². The van der Waals surface area contributed by atoms with Crippen LogP contribution in [0.5, 0.6) is 0 Å². The van der Waals surface area contributed by atoms with Gasteiger partial charge in [-0.15, -0.1) is 0 Å². The predicted molar refractivity (Wildman–Crippen MR) is 44.4 cm³/mol. The summed E-state index contributed by atoms with van der Waals surface area (Å²) < 4.78 is 84.3. The Labute approximate surface area is 100.0 Å². The van der Waals surface area contributed by atoms with Gasteiger partial charge in [-0.05, 0) is 0 Å². The summed E-state index contributed by atoms with van der Waals surface area (Å²) in [5.41, 5.74) is 1.87. The second-order valence-electron chi connectivity index (χ2n) is 1.52. The molecule has 0 rings (SSSR count). The predicted octanol–water partition coefficient (Wildman–Crippen LogP) is 3.00. The van der Waals surface area contributed by atoms with Crippen LogP contribution in [0.1, 0.15) is 0 Å². The first-order chi connectivity index (χ1) is 9.31. The van der Waals surface area contributed by atoms with Crippen molar-refractivity contribution in [3.8, 4) is 0 Å². The number of nitrogens with zero attached hydrogens (tertiary/aromatic N) is 1. The number of hydrogen-bond acceptors (Lipinski definition) is 4. The van der Waals surface area contributed by atoms with Crippen LogP contribution in [0.2, 0.25) is 0 Å². The number of halogens is 9. The fraction of sp³-hybridized carbons (Fsp3) is 0.600. The number of nitrogens with one attached hydrogen (secondary N) is 1. The minimum atomic E-state index is -0.532. The molecule has 120 valence electrons. The molecule has 1 N–H and O–H groups in total. The van der Waals surface area contributed by atoms with Crippen molar-refractivity contribution in [1.29, 1.82) is 0 Å². The van der Waals surface area contributed by atoms with Crippen LogP contribution in [0.3, 0.4) is 0 Å². The molecule has 0 aliphatic carbocycles. The molecule has 0 aromatic carbocycles. The molecule has 0 atom stereocenters. The van der Waals surface area contributed by atoms with E-state index in [0.717, 1.165) is 0 Å². The van der Waals surface area contributed by atoms with Crippen molar-refractivity contribution in [2.45, 2.75) is 0 Å². The minimum absolute atomic E-state index is 0.0196. The molecular formula is C5H9F9N2O3. The Morgan fingerprint density at radius 3 is 1.84 bits per heavy atom. The maximum absolute atomic E-state index is 11.2. The Morgan fingerprint density at radius 2 is 1.53 bits per heavy atom. The van der Waals surface area contributed by atoms with Crippen LogP contribution in [-0.4, -0.2) is 32.9 Å². The Balaban J connectivity index is -0.0000000693. The topological polar surface area (TPSA) is 59.9 Å². The normalized spacial score (nSPS) is 7.26. The fourth-order valence-corrected chi connectivity index (χ4v) is 0.346. The van der Waals surface area contributed by atoms with E-state index in [2.05, 4.69) is 14.6 Å². The zero-order chi connectivity index (χ0) is 16.5. The minimum Gasteiger partial charge on any atom is -0.359 e. The molecule has 0 bridgehead atoms. The lowest BCUT2D eigenvalue weighted by atomic mass is 10.7. The molecule has 0 saturated heterocycles. The van der Waals surface area contributed by atoms with Crippen molar-refractivity contribution < 1.29 is 55.3 Å². The number of carbonyl (C=O) groups is 1. The fourth-order valence-electron chi connectivity index (χ4n) is 0.346. The van der Waals surface area contributed by atoms with Crippen molar-refractivity contribution in [1.82, 2.24) is 5.43 Å². The lowest BCUT2D eigenvalue weighted by molar-refractivity contribution is -0.130. The summed E-state index contributed by atoms with van der Waals surface area (Å²) in [6.45, 7) is -0.202. The summed E-state index contributed by atoms with van der Waals surface area (Å²) >= 11 is 0. The molecule has 0 aromatic rings. The second-order valence-corrected chi connectivity index (χ2v) is 1.52. The number of hydrogen-bond donors (Lipinski definition) is 1.